The van der Waals surface area contributed by atoms with E-state index in [9.17, 15) is 4.79 Å². The molecule has 1 amide bonds. The van der Waals surface area contributed by atoms with Crippen molar-refractivity contribution >= 4 is 23.2 Å². The van der Waals surface area contributed by atoms with E-state index < -0.39 is 5.54 Å². The molecule has 0 spiro atoms. The van der Waals surface area contributed by atoms with Crippen molar-refractivity contribution in [1.82, 2.24) is 10.2 Å². The van der Waals surface area contributed by atoms with Crippen molar-refractivity contribution in [2.75, 3.05) is 31.5 Å². The highest BCUT2D eigenvalue weighted by Crippen LogP contribution is 2.25. The van der Waals surface area contributed by atoms with E-state index in [4.69, 9.17) is 16.9 Å². The minimum atomic E-state index is -0.631. The van der Waals surface area contributed by atoms with Gasteiger partial charge in [0.05, 0.1) is 27.9 Å². The summed E-state index contributed by atoms with van der Waals surface area (Å²) in [6.07, 6.45) is 0. The van der Waals surface area contributed by atoms with Crippen molar-refractivity contribution in [1.29, 1.82) is 5.26 Å². The Morgan fingerprint density at radius 2 is 2.10 bits per heavy atom. The monoisotopic (exact) mass is 306 g/mol. The summed E-state index contributed by atoms with van der Waals surface area (Å²) in [7, 11) is 0. The number of carbonyl (C=O) groups is 1. The lowest BCUT2D eigenvalue weighted by Gasteiger charge is -2.39. The maximum Gasteiger partial charge on any atom is 0.244 e. The van der Waals surface area contributed by atoms with Crippen molar-refractivity contribution in [2.45, 2.75) is 19.4 Å². The van der Waals surface area contributed by atoms with Gasteiger partial charge in [0.2, 0.25) is 5.91 Å². The predicted molar refractivity (Wildman–Crippen MR) is 83.3 cm³/mol. The number of halogens is 1. The first-order valence-corrected chi connectivity index (χ1v) is 7.30. The number of amides is 1. The van der Waals surface area contributed by atoms with E-state index in [0.717, 1.165) is 26.2 Å². The van der Waals surface area contributed by atoms with Crippen LogP contribution in [-0.4, -0.2) is 42.5 Å². The lowest BCUT2D eigenvalue weighted by molar-refractivity contribution is -0.126. The van der Waals surface area contributed by atoms with Gasteiger partial charge in [-0.25, -0.2) is 0 Å². The number of hydrogen-bond donors (Lipinski definition) is 2. The summed E-state index contributed by atoms with van der Waals surface area (Å²) in [5.41, 5.74) is 0.312. The quantitative estimate of drug-likeness (QED) is 0.894. The van der Waals surface area contributed by atoms with Crippen molar-refractivity contribution in [3.05, 3.63) is 28.8 Å². The SMILES string of the molecule is CC(C)(C(=O)Nc1cc(C#N)ccc1Cl)N1CCNCC1. The highest BCUT2D eigenvalue weighted by molar-refractivity contribution is 6.33. The summed E-state index contributed by atoms with van der Waals surface area (Å²) in [4.78, 5) is 14.7. The van der Waals surface area contributed by atoms with Gasteiger partial charge in [-0.05, 0) is 32.0 Å². The van der Waals surface area contributed by atoms with E-state index in [2.05, 4.69) is 15.5 Å². The molecular formula is C15H19ClN4O. The molecular weight excluding hydrogens is 288 g/mol. The predicted octanol–water partition coefficient (Wildman–Crippen LogP) is 1.83. The van der Waals surface area contributed by atoms with E-state index in [1.807, 2.05) is 19.9 Å². The van der Waals surface area contributed by atoms with E-state index in [1.165, 1.54) is 0 Å². The number of anilines is 1. The summed E-state index contributed by atoms with van der Waals surface area (Å²) in [5, 5.41) is 15.5. The third-order valence-electron chi connectivity index (χ3n) is 3.81. The molecule has 6 heteroatoms. The molecule has 1 fully saturated rings. The minimum absolute atomic E-state index is 0.124. The molecule has 1 aromatic rings. The second-order valence-corrected chi connectivity index (χ2v) is 5.96. The van der Waals surface area contributed by atoms with Crippen LogP contribution in [0.1, 0.15) is 19.4 Å². The zero-order valence-corrected chi connectivity index (χ0v) is 13.0. The number of benzene rings is 1. The Hall–Kier alpha value is -1.61. The number of nitrogens with one attached hydrogen (secondary N) is 2. The molecule has 0 radical (unpaired) electrons. The summed E-state index contributed by atoms with van der Waals surface area (Å²) >= 11 is 6.09. The third kappa shape index (κ3) is 3.53. The first kappa shape index (κ1) is 15.8. The molecule has 1 aliphatic rings. The summed E-state index contributed by atoms with van der Waals surface area (Å²) in [6.45, 7) is 7.20. The van der Waals surface area contributed by atoms with Crippen molar-refractivity contribution in [3.8, 4) is 6.07 Å². The van der Waals surface area contributed by atoms with Crippen molar-refractivity contribution in [2.24, 2.45) is 0 Å². The van der Waals surface area contributed by atoms with Gasteiger partial charge in [-0.2, -0.15) is 5.26 Å². The number of carbonyl (C=O) groups excluding carboxylic acids is 1. The lowest BCUT2D eigenvalue weighted by atomic mass is 10.00. The molecule has 112 valence electrons. The molecule has 0 aromatic heterocycles. The Labute approximate surface area is 129 Å². The van der Waals surface area contributed by atoms with Gasteiger partial charge in [0, 0.05) is 26.2 Å². The Bertz CT molecular complexity index is 574. The van der Waals surface area contributed by atoms with E-state index in [0.29, 0.717) is 16.3 Å². The maximum absolute atomic E-state index is 12.6. The average molecular weight is 307 g/mol. The minimum Gasteiger partial charge on any atom is -0.323 e. The van der Waals surface area contributed by atoms with Crippen LogP contribution in [0.4, 0.5) is 5.69 Å². The zero-order chi connectivity index (χ0) is 15.5. The van der Waals surface area contributed by atoms with Gasteiger partial charge in [0.15, 0.2) is 0 Å². The maximum atomic E-state index is 12.6. The molecule has 1 saturated heterocycles. The summed E-state index contributed by atoms with van der Waals surface area (Å²) in [6, 6.07) is 6.88. The third-order valence-corrected chi connectivity index (χ3v) is 4.14. The lowest BCUT2D eigenvalue weighted by Crippen LogP contribution is -2.58. The molecule has 21 heavy (non-hydrogen) atoms. The summed E-state index contributed by atoms with van der Waals surface area (Å²) < 4.78 is 0. The topological polar surface area (TPSA) is 68.2 Å². The van der Waals surface area contributed by atoms with Gasteiger partial charge >= 0.3 is 0 Å². The fourth-order valence-electron chi connectivity index (χ4n) is 2.33. The van der Waals surface area contributed by atoms with Gasteiger partial charge in [-0.1, -0.05) is 11.6 Å². The Morgan fingerprint density at radius 1 is 1.43 bits per heavy atom. The van der Waals surface area contributed by atoms with Crippen LogP contribution in [0.15, 0.2) is 18.2 Å². The van der Waals surface area contributed by atoms with E-state index in [1.54, 1.807) is 18.2 Å². The van der Waals surface area contributed by atoms with Crippen molar-refractivity contribution < 1.29 is 4.79 Å². The molecule has 1 aliphatic heterocycles. The average Bonchev–Trinajstić information content (AvgIpc) is 2.50. The zero-order valence-electron chi connectivity index (χ0n) is 12.2. The summed E-state index contributed by atoms with van der Waals surface area (Å²) in [5.74, 6) is -0.124. The second-order valence-electron chi connectivity index (χ2n) is 5.56. The molecule has 0 aliphatic carbocycles. The van der Waals surface area contributed by atoms with Gasteiger partial charge < -0.3 is 10.6 Å². The Morgan fingerprint density at radius 3 is 2.71 bits per heavy atom. The van der Waals surface area contributed by atoms with Crippen LogP contribution in [-0.2, 0) is 4.79 Å². The standard InChI is InChI=1S/C15H19ClN4O/c1-15(2,20-7-5-18-6-8-20)14(21)19-13-9-11(10-17)3-4-12(13)16/h3-4,9,18H,5-8H2,1-2H3,(H,19,21). The molecule has 1 heterocycles. The van der Waals surface area contributed by atoms with Gasteiger partial charge in [-0.3, -0.25) is 9.69 Å². The first-order chi connectivity index (χ1) is 9.95. The van der Waals surface area contributed by atoms with Crippen LogP contribution < -0.4 is 10.6 Å². The van der Waals surface area contributed by atoms with Gasteiger partial charge in [-0.15, -0.1) is 0 Å². The fourth-order valence-corrected chi connectivity index (χ4v) is 2.50. The van der Waals surface area contributed by atoms with Gasteiger partial charge in [0.1, 0.15) is 0 Å². The number of piperazine rings is 1. The first-order valence-electron chi connectivity index (χ1n) is 6.92. The molecule has 0 bridgehead atoms. The molecule has 2 rings (SSSR count). The smallest absolute Gasteiger partial charge is 0.244 e. The Balaban J connectivity index is 2.15. The molecule has 0 unspecified atom stereocenters. The second kappa shape index (κ2) is 6.44. The van der Waals surface area contributed by atoms with Crippen LogP contribution >= 0.6 is 11.6 Å². The van der Waals surface area contributed by atoms with E-state index >= 15 is 0 Å². The normalized spacial score (nSPS) is 16.3. The van der Waals surface area contributed by atoms with Crippen LogP contribution in [0.5, 0.6) is 0 Å². The number of nitriles is 1. The molecule has 2 N–H and O–H groups in total. The molecule has 0 saturated carbocycles. The number of hydrogen-bond acceptors (Lipinski definition) is 4. The van der Waals surface area contributed by atoms with Crippen LogP contribution in [0.3, 0.4) is 0 Å². The molecule has 5 nitrogen and oxygen atoms in total. The van der Waals surface area contributed by atoms with Crippen LogP contribution in [0, 0.1) is 11.3 Å². The van der Waals surface area contributed by atoms with Crippen molar-refractivity contribution in [3.63, 3.8) is 0 Å². The number of rotatable bonds is 3. The van der Waals surface area contributed by atoms with Crippen LogP contribution in [0.25, 0.3) is 0 Å². The van der Waals surface area contributed by atoms with Gasteiger partial charge in [0.25, 0.3) is 0 Å². The fraction of sp³-hybridized carbons (Fsp3) is 0.467. The number of nitrogens with zero attached hydrogens (tertiary/aromatic N) is 2. The van der Waals surface area contributed by atoms with Crippen LogP contribution in [0.2, 0.25) is 5.02 Å². The molecule has 0 atom stereocenters. The van der Waals surface area contributed by atoms with E-state index in [-0.39, 0.29) is 5.91 Å². The largest absolute Gasteiger partial charge is 0.323 e. The molecule has 1 aromatic carbocycles. The highest BCUT2D eigenvalue weighted by Gasteiger charge is 2.35. The highest BCUT2D eigenvalue weighted by atomic mass is 35.5. The Kier molecular flexibility index (Phi) is 4.84.